The van der Waals surface area contributed by atoms with Gasteiger partial charge in [-0.15, -0.1) is 0 Å². The fraction of sp³-hybridized carbons (Fsp3) is 0.176. The Bertz CT molecular complexity index is 799. The number of rotatable bonds is 4. The van der Waals surface area contributed by atoms with Gasteiger partial charge in [-0.05, 0) is 43.2 Å². The number of aryl methyl sites for hydroxylation is 2. The molecule has 0 saturated heterocycles. The van der Waals surface area contributed by atoms with Crippen molar-refractivity contribution < 1.29 is 9.26 Å². The van der Waals surface area contributed by atoms with Gasteiger partial charge in [0, 0.05) is 10.6 Å². The molecule has 0 bridgehead atoms. The Morgan fingerprint density at radius 2 is 1.91 bits per heavy atom. The van der Waals surface area contributed by atoms with Crippen molar-refractivity contribution in [3.8, 4) is 17.1 Å². The van der Waals surface area contributed by atoms with E-state index in [2.05, 4.69) is 10.1 Å². The summed E-state index contributed by atoms with van der Waals surface area (Å²) >= 11 is 5.92. The van der Waals surface area contributed by atoms with Gasteiger partial charge in [-0.3, -0.25) is 0 Å². The minimum Gasteiger partial charge on any atom is -0.483 e. The molecule has 0 spiro atoms. The van der Waals surface area contributed by atoms with Crippen LogP contribution in [0.4, 0.5) is 0 Å². The molecule has 5 heteroatoms. The number of halogens is 1. The van der Waals surface area contributed by atoms with Gasteiger partial charge in [0.25, 0.3) is 5.89 Å². The second-order valence-electron chi connectivity index (χ2n) is 5.03. The quantitative estimate of drug-likeness (QED) is 0.707. The molecule has 0 aliphatic carbocycles. The van der Waals surface area contributed by atoms with Gasteiger partial charge >= 0.3 is 0 Å². The smallest absolute Gasteiger partial charge is 0.264 e. The van der Waals surface area contributed by atoms with Gasteiger partial charge in [-0.1, -0.05) is 41.0 Å². The van der Waals surface area contributed by atoms with Crippen molar-refractivity contribution in [3.05, 3.63) is 64.5 Å². The Balaban J connectivity index is 1.74. The minimum atomic E-state index is 0.224. The van der Waals surface area contributed by atoms with Gasteiger partial charge in [0.05, 0.1) is 0 Å². The van der Waals surface area contributed by atoms with E-state index in [1.807, 2.05) is 50.2 Å². The molecule has 1 heterocycles. The standard InChI is InChI=1S/C17H15ClN2O2/c1-11-5-3-4-6-14(11)17-19-16(22-20-17)10-21-15-8-7-13(18)9-12(15)2/h3-9H,10H2,1-2H3. The lowest BCUT2D eigenvalue weighted by atomic mass is 10.1. The third-order valence-corrected chi connectivity index (χ3v) is 3.58. The van der Waals surface area contributed by atoms with Crippen LogP contribution in [-0.2, 0) is 6.61 Å². The largest absolute Gasteiger partial charge is 0.483 e. The maximum absolute atomic E-state index is 5.92. The molecule has 0 fully saturated rings. The number of benzene rings is 2. The zero-order valence-corrected chi connectivity index (χ0v) is 13.1. The first kappa shape index (κ1) is 14.6. The fourth-order valence-electron chi connectivity index (χ4n) is 2.16. The number of hydrogen-bond donors (Lipinski definition) is 0. The van der Waals surface area contributed by atoms with Crippen molar-refractivity contribution in [2.75, 3.05) is 0 Å². The molecule has 0 aliphatic rings. The summed E-state index contributed by atoms with van der Waals surface area (Å²) in [6, 6.07) is 13.4. The molecular formula is C17H15ClN2O2. The lowest BCUT2D eigenvalue weighted by Gasteiger charge is -2.06. The SMILES string of the molecule is Cc1cc(Cl)ccc1OCc1nc(-c2ccccc2C)no1. The monoisotopic (exact) mass is 314 g/mol. The van der Waals surface area contributed by atoms with E-state index in [-0.39, 0.29) is 6.61 Å². The van der Waals surface area contributed by atoms with Crippen molar-refractivity contribution in [1.82, 2.24) is 10.1 Å². The second-order valence-corrected chi connectivity index (χ2v) is 5.46. The van der Waals surface area contributed by atoms with Crippen LogP contribution in [0.25, 0.3) is 11.4 Å². The van der Waals surface area contributed by atoms with Crippen LogP contribution in [0.1, 0.15) is 17.0 Å². The molecule has 0 saturated carbocycles. The Morgan fingerprint density at radius 1 is 1.09 bits per heavy atom. The Morgan fingerprint density at radius 3 is 2.68 bits per heavy atom. The summed E-state index contributed by atoms with van der Waals surface area (Å²) in [7, 11) is 0. The van der Waals surface area contributed by atoms with Crippen LogP contribution in [0, 0.1) is 13.8 Å². The van der Waals surface area contributed by atoms with E-state index in [1.165, 1.54) is 0 Å². The van der Waals surface area contributed by atoms with E-state index < -0.39 is 0 Å². The summed E-state index contributed by atoms with van der Waals surface area (Å²) in [5.41, 5.74) is 3.02. The normalized spacial score (nSPS) is 10.7. The Labute approximate surface area is 133 Å². The van der Waals surface area contributed by atoms with Crippen molar-refractivity contribution in [2.24, 2.45) is 0 Å². The van der Waals surface area contributed by atoms with Crippen molar-refractivity contribution in [1.29, 1.82) is 0 Å². The highest BCUT2D eigenvalue weighted by Gasteiger charge is 2.11. The molecule has 2 aromatic carbocycles. The average molecular weight is 315 g/mol. The first-order valence-electron chi connectivity index (χ1n) is 6.91. The third-order valence-electron chi connectivity index (χ3n) is 3.34. The lowest BCUT2D eigenvalue weighted by molar-refractivity contribution is 0.242. The van der Waals surface area contributed by atoms with E-state index in [0.717, 1.165) is 22.4 Å². The molecule has 0 unspecified atom stereocenters. The van der Waals surface area contributed by atoms with Crippen LogP contribution in [0.3, 0.4) is 0 Å². The number of hydrogen-bond acceptors (Lipinski definition) is 4. The molecule has 3 rings (SSSR count). The van der Waals surface area contributed by atoms with Gasteiger partial charge in [-0.25, -0.2) is 0 Å². The van der Waals surface area contributed by atoms with E-state index in [4.69, 9.17) is 20.9 Å². The zero-order chi connectivity index (χ0) is 15.5. The molecule has 0 N–H and O–H groups in total. The first-order valence-corrected chi connectivity index (χ1v) is 7.29. The maximum atomic E-state index is 5.92. The molecule has 4 nitrogen and oxygen atoms in total. The van der Waals surface area contributed by atoms with Gasteiger partial charge in [-0.2, -0.15) is 4.98 Å². The highest BCUT2D eigenvalue weighted by molar-refractivity contribution is 6.30. The van der Waals surface area contributed by atoms with E-state index >= 15 is 0 Å². The van der Waals surface area contributed by atoms with Crippen LogP contribution in [-0.4, -0.2) is 10.1 Å². The van der Waals surface area contributed by atoms with Gasteiger partial charge in [0.1, 0.15) is 5.75 Å². The predicted molar refractivity (Wildman–Crippen MR) is 85.0 cm³/mol. The summed E-state index contributed by atoms with van der Waals surface area (Å²) in [5.74, 6) is 1.76. The summed E-state index contributed by atoms with van der Waals surface area (Å²) in [6.45, 7) is 4.17. The zero-order valence-electron chi connectivity index (χ0n) is 12.3. The predicted octanol–water partition coefficient (Wildman–Crippen LogP) is 4.59. The van der Waals surface area contributed by atoms with E-state index in [9.17, 15) is 0 Å². The van der Waals surface area contributed by atoms with Crippen molar-refractivity contribution in [3.63, 3.8) is 0 Å². The first-order chi connectivity index (χ1) is 10.6. The number of nitrogens with zero attached hydrogens (tertiary/aromatic N) is 2. The molecule has 0 amide bonds. The summed E-state index contributed by atoms with van der Waals surface area (Å²) in [6.07, 6.45) is 0. The van der Waals surface area contributed by atoms with Gasteiger partial charge in [0.15, 0.2) is 6.61 Å². The highest BCUT2D eigenvalue weighted by Crippen LogP contribution is 2.23. The van der Waals surface area contributed by atoms with Crippen LogP contribution in [0.5, 0.6) is 5.75 Å². The van der Waals surface area contributed by atoms with E-state index in [0.29, 0.717) is 16.7 Å². The number of ether oxygens (including phenoxy) is 1. The molecule has 3 aromatic rings. The molecule has 0 atom stereocenters. The average Bonchev–Trinajstić information content (AvgIpc) is 2.95. The van der Waals surface area contributed by atoms with Gasteiger partial charge in [0.2, 0.25) is 5.82 Å². The topological polar surface area (TPSA) is 48.2 Å². The van der Waals surface area contributed by atoms with Crippen molar-refractivity contribution in [2.45, 2.75) is 20.5 Å². The van der Waals surface area contributed by atoms with E-state index in [1.54, 1.807) is 6.07 Å². The van der Waals surface area contributed by atoms with Crippen LogP contribution in [0.2, 0.25) is 5.02 Å². The van der Waals surface area contributed by atoms with Crippen LogP contribution < -0.4 is 4.74 Å². The fourth-order valence-corrected chi connectivity index (χ4v) is 2.39. The summed E-state index contributed by atoms with van der Waals surface area (Å²) in [4.78, 5) is 4.37. The Hall–Kier alpha value is -2.33. The van der Waals surface area contributed by atoms with Crippen molar-refractivity contribution >= 4 is 11.6 Å². The summed E-state index contributed by atoms with van der Waals surface area (Å²) < 4.78 is 10.9. The van der Waals surface area contributed by atoms with Gasteiger partial charge < -0.3 is 9.26 Å². The second kappa shape index (κ2) is 6.20. The summed E-state index contributed by atoms with van der Waals surface area (Å²) in [5, 5.41) is 4.69. The highest BCUT2D eigenvalue weighted by atomic mass is 35.5. The molecular weight excluding hydrogens is 300 g/mol. The minimum absolute atomic E-state index is 0.224. The molecule has 112 valence electrons. The lowest BCUT2D eigenvalue weighted by Crippen LogP contribution is -1.97. The molecule has 0 radical (unpaired) electrons. The number of aromatic nitrogens is 2. The third kappa shape index (κ3) is 3.12. The molecule has 22 heavy (non-hydrogen) atoms. The molecule has 1 aromatic heterocycles. The van der Waals surface area contributed by atoms with Crippen LogP contribution in [0.15, 0.2) is 47.0 Å². The Kier molecular flexibility index (Phi) is 4.11. The molecule has 0 aliphatic heterocycles. The van der Waals surface area contributed by atoms with Crippen LogP contribution >= 0.6 is 11.6 Å². The maximum Gasteiger partial charge on any atom is 0.264 e.